The Balaban J connectivity index is 3.02. The lowest BCUT2D eigenvalue weighted by molar-refractivity contribution is 0.0781. The number of aryl methyl sites for hydroxylation is 1. The fraction of sp³-hybridized carbons (Fsp3) is 0.455. The van der Waals surface area contributed by atoms with Crippen molar-refractivity contribution in [2.75, 3.05) is 0 Å². The lowest BCUT2D eigenvalue weighted by atomic mass is 9.95. The molecule has 0 aliphatic rings. The van der Waals surface area contributed by atoms with Crippen molar-refractivity contribution < 1.29 is 5.11 Å². The fourth-order valence-electron chi connectivity index (χ4n) is 1.27. The first-order valence-corrected chi connectivity index (χ1v) is 4.90. The van der Waals surface area contributed by atoms with E-state index in [2.05, 4.69) is 12.6 Å². The molecule has 0 aliphatic carbocycles. The van der Waals surface area contributed by atoms with Crippen LogP contribution in [0.2, 0.25) is 0 Å². The topological polar surface area (TPSA) is 20.2 Å². The van der Waals surface area contributed by atoms with Crippen molar-refractivity contribution >= 4 is 12.6 Å². The van der Waals surface area contributed by atoms with Crippen molar-refractivity contribution in [1.29, 1.82) is 0 Å². The Morgan fingerprint density at radius 2 is 1.85 bits per heavy atom. The number of hydrogen-bond acceptors (Lipinski definition) is 2. The molecule has 0 aromatic heterocycles. The molecule has 1 aromatic rings. The van der Waals surface area contributed by atoms with Crippen LogP contribution in [-0.2, 0) is 0 Å². The molecule has 0 heterocycles. The average Bonchev–Trinajstić information content (AvgIpc) is 2.02. The molecule has 72 valence electrons. The van der Waals surface area contributed by atoms with Gasteiger partial charge in [0.25, 0.3) is 0 Å². The van der Waals surface area contributed by atoms with Gasteiger partial charge in [0, 0.05) is 0 Å². The third kappa shape index (κ3) is 2.48. The number of thiol groups is 1. The standard InChI is InChI=1S/C11H16OS/c1-8-6-4-5-7-9(8)10(13)11(2,3)12/h4-7,10,12-13H,1-3H3. The highest BCUT2D eigenvalue weighted by atomic mass is 32.1. The first-order valence-electron chi connectivity index (χ1n) is 4.39. The summed E-state index contributed by atoms with van der Waals surface area (Å²) < 4.78 is 0. The third-order valence-corrected chi connectivity index (χ3v) is 3.06. The van der Waals surface area contributed by atoms with Crippen LogP contribution in [0.3, 0.4) is 0 Å². The summed E-state index contributed by atoms with van der Waals surface area (Å²) in [5.74, 6) is 0. The van der Waals surface area contributed by atoms with E-state index in [0.29, 0.717) is 0 Å². The van der Waals surface area contributed by atoms with Crippen LogP contribution in [0.5, 0.6) is 0 Å². The molecule has 1 unspecified atom stereocenters. The SMILES string of the molecule is Cc1ccccc1C(S)C(C)(C)O. The summed E-state index contributed by atoms with van der Waals surface area (Å²) in [5, 5.41) is 9.66. The fourth-order valence-corrected chi connectivity index (χ4v) is 1.56. The Hall–Kier alpha value is -0.470. The minimum Gasteiger partial charge on any atom is -0.389 e. The van der Waals surface area contributed by atoms with E-state index in [1.165, 1.54) is 5.56 Å². The van der Waals surface area contributed by atoms with E-state index in [4.69, 9.17) is 0 Å². The van der Waals surface area contributed by atoms with Crippen molar-refractivity contribution in [2.24, 2.45) is 0 Å². The Morgan fingerprint density at radius 1 is 1.31 bits per heavy atom. The third-order valence-electron chi connectivity index (χ3n) is 2.15. The van der Waals surface area contributed by atoms with Crippen LogP contribution in [0.25, 0.3) is 0 Å². The zero-order chi connectivity index (χ0) is 10.1. The van der Waals surface area contributed by atoms with E-state index in [-0.39, 0.29) is 5.25 Å². The second kappa shape index (κ2) is 3.72. The maximum atomic E-state index is 9.79. The summed E-state index contributed by atoms with van der Waals surface area (Å²) in [4.78, 5) is 0. The summed E-state index contributed by atoms with van der Waals surface area (Å²) in [6.07, 6.45) is 0. The normalized spacial score (nSPS) is 14.2. The molecule has 2 heteroatoms. The quantitative estimate of drug-likeness (QED) is 0.697. The molecule has 1 rings (SSSR count). The highest BCUT2D eigenvalue weighted by Crippen LogP contribution is 2.32. The molecule has 1 atom stereocenters. The second-order valence-electron chi connectivity index (χ2n) is 3.91. The van der Waals surface area contributed by atoms with Gasteiger partial charge in [-0.25, -0.2) is 0 Å². The molecule has 1 N–H and O–H groups in total. The Labute approximate surface area is 85.2 Å². The number of rotatable bonds is 2. The van der Waals surface area contributed by atoms with Crippen molar-refractivity contribution in [1.82, 2.24) is 0 Å². The van der Waals surface area contributed by atoms with Gasteiger partial charge in [-0.05, 0) is 31.9 Å². The van der Waals surface area contributed by atoms with E-state index < -0.39 is 5.60 Å². The summed E-state index contributed by atoms with van der Waals surface area (Å²) in [6.45, 7) is 5.58. The first kappa shape index (κ1) is 10.6. The molecule has 0 saturated carbocycles. The zero-order valence-corrected chi connectivity index (χ0v) is 9.18. The van der Waals surface area contributed by atoms with E-state index in [1.807, 2.05) is 31.2 Å². The van der Waals surface area contributed by atoms with Gasteiger partial charge in [-0.3, -0.25) is 0 Å². The van der Waals surface area contributed by atoms with Crippen molar-refractivity contribution in [3.05, 3.63) is 35.4 Å². The van der Waals surface area contributed by atoms with Crippen molar-refractivity contribution in [2.45, 2.75) is 31.6 Å². The lowest BCUT2D eigenvalue weighted by Crippen LogP contribution is -2.25. The zero-order valence-electron chi connectivity index (χ0n) is 8.28. The molecule has 1 aromatic carbocycles. The van der Waals surface area contributed by atoms with Gasteiger partial charge >= 0.3 is 0 Å². The predicted molar refractivity (Wildman–Crippen MR) is 59.2 cm³/mol. The van der Waals surface area contributed by atoms with Crippen LogP contribution in [0.1, 0.15) is 30.2 Å². The van der Waals surface area contributed by atoms with Gasteiger partial charge in [0.05, 0.1) is 10.9 Å². The van der Waals surface area contributed by atoms with Crippen LogP contribution >= 0.6 is 12.6 Å². The van der Waals surface area contributed by atoms with Crippen LogP contribution < -0.4 is 0 Å². The maximum absolute atomic E-state index is 9.79. The summed E-state index contributed by atoms with van der Waals surface area (Å²) in [5.41, 5.74) is 1.48. The molecule has 0 fully saturated rings. The molecule has 13 heavy (non-hydrogen) atoms. The molecular formula is C11H16OS. The molecule has 0 spiro atoms. The van der Waals surface area contributed by atoms with Crippen molar-refractivity contribution in [3.8, 4) is 0 Å². The van der Waals surface area contributed by atoms with Crippen molar-refractivity contribution in [3.63, 3.8) is 0 Å². The molecular weight excluding hydrogens is 180 g/mol. The van der Waals surface area contributed by atoms with E-state index in [0.717, 1.165) is 5.56 Å². The Kier molecular flexibility index (Phi) is 3.04. The van der Waals surface area contributed by atoms with E-state index in [1.54, 1.807) is 13.8 Å². The molecule has 0 amide bonds. The molecule has 0 saturated heterocycles. The molecule has 1 nitrogen and oxygen atoms in total. The molecule has 0 aliphatic heterocycles. The van der Waals surface area contributed by atoms with Gasteiger partial charge in [-0.15, -0.1) is 0 Å². The maximum Gasteiger partial charge on any atom is 0.0748 e. The van der Waals surface area contributed by atoms with Crippen LogP contribution in [0, 0.1) is 6.92 Å². The second-order valence-corrected chi connectivity index (χ2v) is 4.43. The van der Waals surface area contributed by atoms with Gasteiger partial charge in [-0.2, -0.15) is 12.6 Å². The first-order chi connectivity index (χ1) is 5.93. The number of benzene rings is 1. The number of hydrogen-bond donors (Lipinski definition) is 2. The Morgan fingerprint density at radius 3 is 2.31 bits per heavy atom. The van der Waals surface area contributed by atoms with Gasteiger partial charge in [0.1, 0.15) is 0 Å². The lowest BCUT2D eigenvalue weighted by Gasteiger charge is -2.26. The minimum atomic E-state index is -0.783. The predicted octanol–water partition coefficient (Wildman–Crippen LogP) is 2.74. The highest BCUT2D eigenvalue weighted by Gasteiger charge is 2.25. The Bertz CT molecular complexity index is 288. The van der Waals surface area contributed by atoms with Crippen LogP contribution in [-0.4, -0.2) is 10.7 Å². The van der Waals surface area contributed by atoms with Gasteiger partial charge in [0.2, 0.25) is 0 Å². The monoisotopic (exact) mass is 196 g/mol. The molecule has 0 radical (unpaired) electrons. The van der Waals surface area contributed by atoms with Crippen LogP contribution in [0.15, 0.2) is 24.3 Å². The minimum absolute atomic E-state index is 0.131. The number of aliphatic hydroxyl groups is 1. The highest BCUT2D eigenvalue weighted by molar-refractivity contribution is 7.80. The van der Waals surface area contributed by atoms with E-state index in [9.17, 15) is 5.11 Å². The summed E-state index contributed by atoms with van der Waals surface area (Å²) in [6, 6.07) is 8.00. The van der Waals surface area contributed by atoms with Gasteiger partial charge < -0.3 is 5.11 Å². The van der Waals surface area contributed by atoms with Crippen LogP contribution in [0.4, 0.5) is 0 Å². The largest absolute Gasteiger partial charge is 0.389 e. The average molecular weight is 196 g/mol. The van der Waals surface area contributed by atoms with E-state index >= 15 is 0 Å². The van der Waals surface area contributed by atoms with Gasteiger partial charge in [-0.1, -0.05) is 24.3 Å². The smallest absolute Gasteiger partial charge is 0.0748 e. The molecule has 0 bridgehead atoms. The summed E-state index contributed by atoms with van der Waals surface area (Å²) in [7, 11) is 0. The van der Waals surface area contributed by atoms with Gasteiger partial charge in [0.15, 0.2) is 0 Å². The summed E-state index contributed by atoms with van der Waals surface area (Å²) >= 11 is 4.42.